The molecule has 0 aliphatic carbocycles. The summed E-state index contributed by atoms with van der Waals surface area (Å²) in [5, 5.41) is 10.5. The molecule has 0 radical (unpaired) electrons. The molecule has 0 saturated carbocycles. The molecule has 2 rings (SSSR count). The maximum Gasteiger partial charge on any atom is 0.288 e. The van der Waals surface area contributed by atoms with Gasteiger partial charge in [0, 0.05) is 18.5 Å². The van der Waals surface area contributed by atoms with Gasteiger partial charge in [-0.2, -0.15) is 0 Å². The second-order valence-corrected chi connectivity index (χ2v) is 3.68. The zero-order chi connectivity index (χ0) is 13.1. The molecule has 2 aromatic heterocycles. The number of rotatable bonds is 3. The van der Waals surface area contributed by atoms with E-state index >= 15 is 0 Å². The van der Waals surface area contributed by atoms with Crippen LogP contribution < -0.4 is 5.43 Å². The average molecular weight is 267 g/mol. The zero-order valence-electron chi connectivity index (χ0n) is 8.91. The van der Waals surface area contributed by atoms with Crippen LogP contribution in [-0.2, 0) is 0 Å². The predicted molar refractivity (Wildman–Crippen MR) is 64.0 cm³/mol. The van der Waals surface area contributed by atoms with E-state index in [1.54, 1.807) is 24.5 Å². The number of nitro groups is 1. The summed E-state index contributed by atoms with van der Waals surface area (Å²) in [4.78, 5) is 25.4. The molecular weight excluding hydrogens is 260 g/mol. The number of hydrogen-bond donors (Lipinski definition) is 1. The van der Waals surface area contributed by atoms with Crippen molar-refractivity contribution in [2.24, 2.45) is 0 Å². The summed E-state index contributed by atoms with van der Waals surface area (Å²) in [6, 6.07) is 4.51. The maximum atomic E-state index is 11.8. The highest BCUT2D eigenvalue weighted by Crippen LogP contribution is 2.19. The quantitative estimate of drug-likeness (QED) is 0.521. The first kappa shape index (κ1) is 12.1. The van der Waals surface area contributed by atoms with Crippen LogP contribution >= 0.6 is 11.6 Å². The van der Waals surface area contributed by atoms with Crippen LogP contribution in [0.25, 0.3) is 0 Å². The fraction of sp³-hybridized carbons (Fsp3) is 0. The van der Waals surface area contributed by atoms with Crippen molar-refractivity contribution in [3.63, 3.8) is 0 Å². The Labute approximate surface area is 106 Å². The van der Waals surface area contributed by atoms with Crippen LogP contribution in [0.5, 0.6) is 0 Å². The molecule has 18 heavy (non-hydrogen) atoms. The summed E-state index contributed by atoms with van der Waals surface area (Å²) in [5.74, 6) is -0.576. The van der Waals surface area contributed by atoms with E-state index in [1.807, 2.05) is 0 Å². The summed E-state index contributed by atoms with van der Waals surface area (Å²) in [5.41, 5.74) is 2.13. The third-order valence-corrected chi connectivity index (χ3v) is 2.42. The Morgan fingerprint density at radius 2 is 2.11 bits per heavy atom. The first-order chi connectivity index (χ1) is 8.58. The lowest BCUT2D eigenvalue weighted by Gasteiger charge is -2.06. The molecular formula is C10H7ClN4O3. The van der Waals surface area contributed by atoms with E-state index in [2.05, 4.69) is 10.4 Å². The summed E-state index contributed by atoms with van der Waals surface area (Å²) >= 11 is 5.73. The van der Waals surface area contributed by atoms with Gasteiger partial charge in [0.1, 0.15) is 11.3 Å². The molecule has 0 aromatic carbocycles. The number of aromatic nitrogens is 2. The van der Waals surface area contributed by atoms with Crippen molar-refractivity contribution < 1.29 is 9.72 Å². The van der Waals surface area contributed by atoms with E-state index in [1.165, 1.54) is 4.68 Å². The van der Waals surface area contributed by atoms with Crippen molar-refractivity contribution in [3.8, 4) is 0 Å². The van der Waals surface area contributed by atoms with Crippen molar-refractivity contribution in [2.75, 3.05) is 5.43 Å². The molecule has 0 aliphatic heterocycles. The number of halogens is 1. The molecule has 0 atom stereocenters. The fourth-order valence-electron chi connectivity index (χ4n) is 1.28. The van der Waals surface area contributed by atoms with Gasteiger partial charge in [0.15, 0.2) is 0 Å². The van der Waals surface area contributed by atoms with Crippen LogP contribution in [-0.4, -0.2) is 20.5 Å². The lowest BCUT2D eigenvalue weighted by atomic mass is 10.2. The molecule has 0 unspecified atom stereocenters. The van der Waals surface area contributed by atoms with Crippen LogP contribution in [0, 0.1) is 10.1 Å². The molecule has 92 valence electrons. The van der Waals surface area contributed by atoms with Crippen molar-refractivity contribution >= 4 is 23.2 Å². The fourth-order valence-corrected chi connectivity index (χ4v) is 1.47. The van der Waals surface area contributed by atoms with Gasteiger partial charge in [-0.15, -0.1) is 0 Å². The van der Waals surface area contributed by atoms with Gasteiger partial charge in [-0.3, -0.25) is 25.0 Å². The molecule has 1 N–H and O–H groups in total. The Balaban J connectivity index is 2.29. The third kappa shape index (κ3) is 2.46. The van der Waals surface area contributed by atoms with Gasteiger partial charge in [0.2, 0.25) is 0 Å². The molecule has 0 aliphatic rings. The molecule has 2 aromatic rings. The van der Waals surface area contributed by atoms with E-state index < -0.39 is 10.8 Å². The Bertz CT molecular complexity index is 597. The standard InChI is InChI=1S/C10H7ClN4O3/c11-9-8(5-7(6-12-9)15(17)18)10(16)13-14-3-1-2-4-14/h1-6H,(H,13,16). The van der Waals surface area contributed by atoms with E-state index in [0.717, 1.165) is 12.3 Å². The first-order valence-corrected chi connectivity index (χ1v) is 5.20. The number of carbonyl (C=O) groups is 1. The van der Waals surface area contributed by atoms with Gasteiger partial charge in [0.25, 0.3) is 11.6 Å². The highest BCUT2D eigenvalue weighted by atomic mass is 35.5. The van der Waals surface area contributed by atoms with Crippen LogP contribution in [0.4, 0.5) is 5.69 Å². The molecule has 7 nitrogen and oxygen atoms in total. The predicted octanol–water partition coefficient (Wildman–Crippen LogP) is 1.83. The highest BCUT2D eigenvalue weighted by Gasteiger charge is 2.17. The molecule has 0 saturated heterocycles. The maximum absolute atomic E-state index is 11.8. The smallest absolute Gasteiger partial charge is 0.268 e. The minimum atomic E-state index is -0.643. The number of amides is 1. The van der Waals surface area contributed by atoms with Crippen LogP contribution in [0.2, 0.25) is 5.15 Å². The average Bonchev–Trinajstić information content (AvgIpc) is 2.81. The van der Waals surface area contributed by atoms with Gasteiger partial charge in [0.05, 0.1) is 10.5 Å². The Kier molecular flexibility index (Phi) is 3.24. The summed E-state index contributed by atoms with van der Waals surface area (Å²) in [6.45, 7) is 0. The second kappa shape index (κ2) is 4.84. The number of carbonyl (C=O) groups excluding carboxylic acids is 1. The number of hydrogen-bond acceptors (Lipinski definition) is 4. The van der Waals surface area contributed by atoms with E-state index in [-0.39, 0.29) is 16.4 Å². The van der Waals surface area contributed by atoms with Gasteiger partial charge >= 0.3 is 0 Å². The van der Waals surface area contributed by atoms with Crippen LogP contribution in [0.15, 0.2) is 36.8 Å². The Morgan fingerprint density at radius 1 is 1.44 bits per heavy atom. The number of pyridine rings is 1. The minimum Gasteiger partial charge on any atom is -0.268 e. The topological polar surface area (TPSA) is 90.1 Å². The third-order valence-electron chi connectivity index (χ3n) is 2.12. The molecule has 0 spiro atoms. The molecule has 0 bridgehead atoms. The SMILES string of the molecule is O=C(Nn1cccc1)c1cc([N+](=O)[O-])cnc1Cl. The van der Waals surface area contributed by atoms with Crippen molar-refractivity contribution in [3.05, 3.63) is 57.6 Å². The van der Waals surface area contributed by atoms with E-state index in [9.17, 15) is 14.9 Å². The van der Waals surface area contributed by atoms with Crippen LogP contribution in [0.3, 0.4) is 0 Å². The van der Waals surface area contributed by atoms with Crippen molar-refractivity contribution in [1.82, 2.24) is 9.66 Å². The number of nitrogens with one attached hydrogen (secondary N) is 1. The van der Waals surface area contributed by atoms with Crippen LogP contribution in [0.1, 0.15) is 10.4 Å². The lowest BCUT2D eigenvalue weighted by Crippen LogP contribution is -2.22. The lowest BCUT2D eigenvalue weighted by molar-refractivity contribution is -0.385. The monoisotopic (exact) mass is 266 g/mol. The van der Waals surface area contributed by atoms with Gasteiger partial charge in [-0.25, -0.2) is 4.98 Å². The first-order valence-electron chi connectivity index (χ1n) is 4.82. The van der Waals surface area contributed by atoms with Gasteiger partial charge in [-0.05, 0) is 12.1 Å². The minimum absolute atomic E-state index is 0.0560. The van der Waals surface area contributed by atoms with E-state index in [0.29, 0.717) is 0 Å². The largest absolute Gasteiger partial charge is 0.288 e. The second-order valence-electron chi connectivity index (χ2n) is 3.32. The zero-order valence-corrected chi connectivity index (χ0v) is 9.66. The van der Waals surface area contributed by atoms with Crippen molar-refractivity contribution in [2.45, 2.75) is 0 Å². The normalized spacial score (nSPS) is 10.1. The van der Waals surface area contributed by atoms with Gasteiger partial charge < -0.3 is 0 Å². The summed E-state index contributed by atoms with van der Waals surface area (Å²) in [7, 11) is 0. The van der Waals surface area contributed by atoms with E-state index in [4.69, 9.17) is 11.6 Å². The Morgan fingerprint density at radius 3 is 2.72 bits per heavy atom. The summed E-state index contributed by atoms with van der Waals surface area (Å²) in [6.07, 6.45) is 4.21. The number of nitrogens with zero attached hydrogens (tertiary/aromatic N) is 3. The summed E-state index contributed by atoms with van der Waals surface area (Å²) < 4.78 is 1.40. The highest BCUT2D eigenvalue weighted by molar-refractivity contribution is 6.33. The van der Waals surface area contributed by atoms with Gasteiger partial charge in [-0.1, -0.05) is 11.6 Å². The molecule has 2 heterocycles. The molecule has 0 fully saturated rings. The molecule has 1 amide bonds. The molecule has 8 heteroatoms. The van der Waals surface area contributed by atoms with Crippen molar-refractivity contribution in [1.29, 1.82) is 0 Å². The Hall–Kier alpha value is -2.41.